The second-order valence-electron chi connectivity index (χ2n) is 3.07. The van der Waals surface area contributed by atoms with Crippen LogP contribution in [-0.2, 0) is 4.74 Å². The first kappa shape index (κ1) is 11.7. The number of ether oxygens (including phenoxy) is 1. The zero-order chi connectivity index (χ0) is 10.6. The molecule has 1 aromatic rings. The Balaban J connectivity index is 2.67. The van der Waals surface area contributed by atoms with E-state index in [1.807, 2.05) is 12.1 Å². The largest absolute Gasteiger partial charge is 0.398 e. The van der Waals surface area contributed by atoms with Crippen LogP contribution in [0, 0.1) is 0 Å². The van der Waals surface area contributed by atoms with Crippen molar-refractivity contribution in [2.24, 2.45) is 0 Å². The highest BCUT2D eigenvalue weighted by Crippen LogP contribution is 2.30. The van der Waals surface area contributed by atoms with Gasteiger partial charge in [-0.05, 0) is 18.2 Å². The molecule has 4 heteroatoms. The Hall–Kier alpha value is -0.380. The third-order valence-electron chi connectivity index (χ3n) is 1.70. The third kappa shape index (κ3) is 3.40. The van der Waals surface area contributed by atoms with Crippen LogP contribution in [0.4, 0.5) is 5.69 Å². The van der Waals surface area contributed by atoms with Crippen LogP contribution >= 0.6 is 23.4 Å². The summed E-state index contributed by atoms with van der Waals surface area (Å²) in [6.07, 6.45) is 0. The predicted molar refractivity (Wildman–Crippen MR) is 63.1 cm³/mol. The van der Waals surface area contributed by atoms with Crippen LogP contribution in [0.5, 0.6) is 0 Å². The highest BCUT2D eigenvalue weighted by Gasteiger charge is 2.06. The van der Waals surface area contributed by atoms with Crippen molar-refractivity contribution in [2.45, 2.75) is 17.1 Å². The summed E-state index contributed by atoms with van der Waals surface area (Å²) < 4.78 is 5.05. The van der Waals surface area contributed by atoms with Gasteiger partial charge in [0.25, 0.3) is 0 Å². The highest BCUT2D eigenvalue weighted by molar-refractivity contribution is 8.00. The molecule has 0 aliphatic heterocycles. The minimum atomic E-state index is 0.392. The molecule has 0 aliphatic carbocycles. The van der Waals surface area contributed by atoms with Crippen LogP contribution in [0.3, 0.4) is 0 Å². The molecule has 1 atom stereocenters. The van der Waals surface area contributed by atoms with Crippen LogP contribution in [0.1, 0.15) is 6.92 Å². The number of benzene rings is 1. The molecule has 2 nitrogen and oxygen atoms in total. The number of hydrogen-bond acceptors (Lipinski definition) is 3. The van der Waals surface area contributed by atoms with Crippen molar-refractivity contribution in [2.75, 3.05) is 19.5 Å². The normalized spacial score (nSPS) is 12.8. The van der Waals surface area contributed by atoms with Gasteiger partial charge in [-0.25, -0.2) is 0 Å². The zero-order valence-corrected chi connectivity index (χ0v) is 9.86. The molecule has 0 saturated carbocycles. The van der Waals surface area contributed by atoms with E-state index in [2.05, 4.69) is 6.92 Å². The Morgan fingerprint density at radius 2 is 2.29 bits per heavy atom. The maximum atomic E-state index is 5.82. The maximum Gasteiger partial charge on any atom is 0.0582 e. The first-order chi connectivity index (χ1) is 6.63. The third-order valence-corrected chi connectivity index (χ3v) is 3.10. The van der Waals surface area contributed by atoms with Gasteiger partial charge < -0.3 is 10.5 Å². The fourth-order valence-electron chi connectivity index (χ4n) is 1.11. The Kier molecular flexibility index (Phi) is 4.58. The lowest BCUT2D eigenvalue weighted by Crippen LogP contribution is -2.05. The van der Waals surface area contributed by atoms with Crippen LogP contribution in [0.15, 0.2) is 23.1 Å². The maximum absolute atomic E-state index is 5.82. The summed E-state index contributed by atoms with van der Waals surface area (Å²) in [5, 5.41) is 1.06. The molecule has 14 heavy (non-hydrogen) atoms. The Labute approximate surface area is 93.8 Å². The van der Waals surface area contributed by atoms with Gasteiger partial charge in [-0.15, -0.1) is 11.8 Å². The number of hydrogen-bond donors (Lipinski definition) is 1. The Morgan fingerprint density at radius 1 is 1.57 bits per heavy atom. The van der Waals surface area contributed by atoms with E-state index in [9.17, 15) is 0 Å². The van der Waals surface area contributed by atoms with Crippen molar-refractivity contribution in [3.8, 4) is 0 Å². The summed E-state index contributed by atoms with van der Waals surface area (Å²) in [6.45, 7) is 2.81. The highest BCUT2D eigenvalue weighted by atomic mass is 35.5. The van der Waals surface area contributed by atoms with Crippen molar-refractivity contribution >= 4 is 29.1 Å². The molecular weight excluding hydrogens is 218 g/mol. The number of thioether (sulfide) groups is 1. The summed E-state index contributed by atoms with van der Waals surface area (Å²) in [4.78, 5) is 1.05. The summed E-state index contributed by atoms with van der Waals surface area (Å²) in [5.74, 6) is 0. The molecule has 0 fully saturated rings. The van der Waals surface area contributed by atoms with E-state index in [4.69, 9.17) is 22.1 Å². The van der Waals surface area contributed by atoms with Crippen LogP contribution in [0.2, 0.25) is 5.02 Å². The van der Waals surface area contributed by atoms with E-state index in [-0.39, 0.29) is 0 Å². The van der Waals surface area contributed by atoms with Crippen molar-refractivity contribution < 1.29 is 4.74 Å². The van der Waals surface area contributed by atoms with Crippen molar-refractivity contribution in [3.05, 3.63) is 23.2 Å². The molecule has 0 spiro atoms. The van der Waals surface area contributed by atoms with Crippen molar-refractivity contribution in [1.29, 1.82) is 0 Å². The molecule has 0 radical (unpaired) electrons. The number of methoxy groups -OCH3 is 1. The molecule has 0 heterocycles. The average Bonchev–Trinajstić information content (AvgIpc) is 2.10. The zero-order valence-electron chi connectivity index (χ0n) is 8.29. The molecule has 1 rings (SSSR count). The lowest BCUT2D eigenvalue weighted by atomic mass is 10.3. The van der Waals surface area contributed by atoms with E-state index in [1.165, 1.54) is 0 Å². The number of anilines is 1. The summed E-state index contributed by atoms with van der Waals surface area (Å²) in [6, 6.07) is 5.55. The van der Waals surface area contributed by atoms with Gasteiger partial charge in [0.2, 0.25) is 0 Å². The first-order valence-corrected chi connectivity index (χ1v) is 5.60. The average molecular weight is 232 g/mol. The standard InChI is InChI=1S/C10H14ClNOS/c1-7(6-13-2)14-10-4-3-8(11)5-9(10)12/h3-5,7H,6,12H2,1-2H3. The van der Waals surface area contributed by atoms with E-state index in [0.717, 1.165) is 10.6 Å². The predicted octanol–water partition coefficient (Wildman–Crippen LogP) is 3.05. The van der Waals surface area contributed by atoms with Crippen LogP contribution in [-0.4, -0.2) is 19.0 Å². The van der Waals surface area contributed by atoms with Crippen molar-refractivity contribution in [3.63, 3.8) is 0 Å². The van der Waals surface area contributed by atoms with Gasteiger partial charge in [0.05, 0.1) is 6.61 Å². The van der Waals surface area contributed by atoms with Gasteiger partial charge in [-0.2, -0.15) is 0 Å². The Bertz CT molecular complexity index is 306. The minimum Gasteiger partial charge on any atom is -0.398 e. The van der Waals surface area contributed by atoms with Gasteiger partial charge in [0.1, 0.15) is 0 Å². The fourth-order valence-corrected chi connectivity index (χ4v) is 2.27. The quantitative estimate of drug-likeness (QED) is 0.639. The first-order valence-electron chi connectivity index (χ1n) is 4.34. The van der Waals surface area contributed by atoms with Gasteiger partial charge in [0, 0.05) is 28.0 Å². The smallest absolute Gasteiger partial charge is 0.0582 e. The van der Waals surface area contributed by atoms with Crippen LogP contribution in [0.25, 0.3) is 0 Å². The van der Waals surface area contributed by atoms with Gasteiger partial charge in [-0.3, -0.25) is 0 Å². The second kappa shape index (κ2) is 5.49. The molecule has 0 saturated heterocycles. The molecular formula is C10H14ClNOS. The van der Waals surface area contributed by atoms with E-state index in [0.29, 0.717) is 16.9 Å². The Morgan fingerprint density at radius 3 is 2.86 bits per heavy atom. The number of halogens is 1. The molecule has 2 N–H and O–H groups in total. The van der Waals surface area contributed by atoms with Gasteiger partial charge in [0.15, 0.2) is 0 Å². The summed E-state index contributed by atoms with van der Waals surface area (Å²) >= 11 is 7.50. The molecule has 1 aromatic carbocycles. The summed E-state index contributed by atoms with van der Waals surface area (Å²) in [7, 11) is 1.70. The lowest BCUT2D eigenvalue weighted by molar-refractivity contribution is 0.203. The summed E-state index contributed by atoms with van der Waals surface area (Å²) in [5.41, 5.74) is 6.55. The van der Waals surface area contributed by atoms with E-state index < -0.39 is 0 Å². The fraction of sp³-hybridized carbons (Fsp3) is 0.400. The molecule has 0 aliphatic rings. The molecule has 0 bridgehead atoms. The van der Waals surface area contributed by atoms with Crippen LogP contribution < -0.4 is 5.73 Å². The van der Waals surface area contributed by atoms with Gasteiger partial charge in [-0.1, -0.05) is 18.5 Å². The molecule has 0 amide bonds. The molecule has 0 aromatic heterocycles. The van der Waals surface area contributed by atoms with Crippen molar-refractivity contribution in [1.82, 2.24) is 0 Å². The topological polar surface area (TPSA) is 35.2 Å². The van der Waals surface area contributed by atoms with E-state index >= 15 is 0 Å². The molecule has 1 unspecified atom stereocenters. The number of nitrogen functional groups attached to an aromatic ring is 1. The number of rotatable bonds is 4. The molecule has 78 valence electrons. The number of nitrogens with two attached hydrogens (primary N) is 1. The van der Waals surface area contributed by atoms with Gasteiger partial charge >= 0.3 is 0 Å². The van der Waals surface area contributed by atoms with E-state index in [1.54, 1.807) is 24.9 Å². The second-order valence-corrected chi connectivity index (χ2v) is 4.98. The minimum absolute atomic E-state index is 0.392. The monoisotopic (exact) mass is 231 g/mol. The lowest BCUT2D eigenvalue weighted by Gasteiger charge is -2.11. The SMILES string of the molecule is COCC(C)Sc1ccc(Cl)cc1N.